The van der Waals surface area contributed by atoms with Crippen LogP contribution in [0.2, 0.25) is 0 Å². The molecule has 0 aliphatic heterocycles. The number of ether oxygens (including phenoxy) is 1. The highest BCUT2D eigenvalue weighted by atomic mass is 32.1. The van der Waals surface area contributed by atoms with E-state index in [1.54, 1.807) is 0 Å². The fourth-order valence-corrected chi connectivity index (χ4v) is 2.66. The third-order valence-corrected chi connectivity index (χ3v) is 3.72. The number of carbonyl (C=O) groups excluding carboxylic acids is 1. The van der Waals surface area contributed by atoms with Crippen molar-refractivity contribution in [1.82, 2.24) is 4.98 Å². The second-order valence-corrected chi connectivity index (χ2v) is 5.44. The van der Waals surface area contributed by atoms with Crippen LogP contribution in [0.25, 0.3) is 0 Å². The van der Waals surface area contributed by atoms with E-state index in [4.69, 9.17) is 0 Å². The van der Waals surface area contributed by atoms with Crippen molar-refractivity contribution in [3.05, 3.63) is 40.4 Å². The summed E-state index contributed by atoms with van der Waals surface area (Å²) in [7, 11) is 0. The molecule has 0 fully saturated rings. The van der Waals surface area contributed by atoms with Gasteiger partial charge in [-0.3, -0.25) is 10.1 Å². The van der Waals surface area contributed by atoms with Crippen LogP contribution in [0, 0.1) is 6.92 Å². The zero-order chi connectivity index (χ0) is 15.4. The Labute approximate surface area is 124 Å². The number of halogens is 2. The van der Waals surface area contributed by atoms with Crippen molar-refractivity contribution in [2.24, 2.45) is 0 Å². The summed E-state index contributed by atoms with van der Waals surface area (Å²) in [5.41, 5.74) is 1.30. The van der Waals surface area contributed by atoms with E-state index in [1.807, 2.05) is 13.8 Å². The number of anilines is 1. The highest BCUT2D eigenvalue weighted by Gasteiger charge is 2.11. The largest absolute Gasteiger partial charge is 0.435 e. The number of nitrogens with one attached hydrogen (secondary N) is 1. The predicted octanol–water partition coefficient (Wildman–Crippen LogP) is 3.87. The van der Waals surface area contributed by atoms with Gasteiger partial charge in [-0.2, -0.15) is 8.78 Å². The number of aryl methyl sites for hydroxylation is 2. The summed E-state index contributed by atoms with van der Waals surface area (Å²) in [6.45, 7) is 1.06. The minimum atomic E-state index is -2.88. The SMILES string of the molecule is CCc1nc(NC(=O)c2ccc(OC(F)F)cc2)sc1C. The average molecular weight is 312 g/mol. The number of carbonyl (C=O) groups is 1. The molecule has 0 aliphatic carbocycles. The lowest BCUT2D eigenvalue weighted by Crippen LogP contribution is -2.11. The number of hydrogen-bond acceptors (Lipinski definition) is 4. The predicted molar refractivity (Wildman–Crippen MR) is 77.3 cm³/mol. The Morgan fingerprint density at radius 1 is 1.38 bits per heavy atom. The summed E-state index contributed by atoms with van der Waals surface area (Å²) < 4.78 is 28.3. The van der Waals surface area contributed by atoms with Crippen LogP contribution in [0.15, 0.2) is 24.3 Å². The molecule has 2 aromatic rings. The first-order chi connectivity index (χ1) is 9.99. The van der Waals surface area contributed by atoms with Crippen molar-refractivity contribution >= 4 is 22.4 Å². The maximum Gasteiger partial charge on any atom is 0.387 e. The van der Waals surface area contributed by atoms with Gasteiger partial charge in [0, 0.05) is 10.4 Å². The minimum Gasteiger partial charge on any atom is -0.435 e. The van der Waals surface area contributed by atoms with Gasteiger partial charge in [-0.25, -0.2) is 4.98 Å². The van der Waals surface area contributed by atoms with Gasteiger partial charge in [0.15, 0.2) is 5.13 Å². The zero-order valence-corrected chi connectivity index (χ0v) is 12.3. The molecule has 0 radical (unpaired) electrons. The van der Waals surface area contributed by atoms with Crippen LogP contribution in [-0.4, -0.2) is 17.5 Å². The van der Waals surface area contributed by atoms with Crippen LogP contribution in [0.4, 0.5) is 13.9 Å². The molecule has 0 unspecified atom stereocenters. The van der Waals surface area contributed by atoms with Gasteiger partial charge in [0.05, 0.1) is 5.69 Å². The van der Waals surface area contributed by atoms with E-state index in [9.17, 15) is 13.6 Å². The van der Waals surface area contributed by atoms with Crippen molar-refractivity contribution in [3.8, 4) is 5.75 Å². The molecule has 0 aliphatic rings. The summed E-state index contributed by atoms with van der Waals surface area (Å²) in [5.74, 6) is -0.324. The average Bonchev–Trinajstić information content (AvgIpc) is 2.78. The Hall–Kier alpha value is -2.02. The molecule has 0 spiro atoms. The number of aromatic nitrogens is 1. The lowest BCUT2D eigenvalue weighted by Gasteiger charge is -2.05. The lowest BCUT2D eigenvalue weighted by molar-refractivity contribution is -0.0498. The molecule has 7 heteroatoms. The van der Waals surface area contributed by atoms with E-state index < -0.39 is 6.61 Å². The maximum atomic E-state index is 12.0. The first-order valence-electron chi connectivity index (χ1n) is 6.32. The van der Waals surface area contributed by atoms with Gasteiger partial charge in [0.1, 0.15) is 5.75 Å². The topological polar surface area (TPSA) is 51.2 Å². The Balaban J connectivity index is 2.05. The summed E-state index contributed by atoms with van der Waals surface area (Å²) in [4.78, 5) is 17.4. The highest BCUT2D eigenvalue weighted by Crippen LogP contribution is 2.23. The zero-order valence-electron chi connectivity index (χ0n) is 11.5. The molecular formula is C14H14F2N2O2S. The molecule has 0 atom stereocenters. The number of thiazole rings is 1. The van der Waals surface area contributed by atoms with E-state index in [0.29, 0.717) is 10.7 Å². The van der Waals surface area contributed by atoms with Crippen LogP contribution < -0.4 is 10.1 Å². The van der Waals surface area contributed by atoms with Gasteiger partial charge < -0.3 is 4.74 Å². The smallest absolute Gasteiger partial charge is 0.387 e. The fraction of sp³-hybridized carbons (Fsp3) is 0.286. The molecular weight excluding hydrogens is 298 g/mol. The molecule has 2 rings (SSSR count). The Morgan fingerprint density at radius 2 is 2.05 bits per heavy atom. The van der Waals surface area contributed by atoms with Crippen molar-refractivity contribution in [1.29, 1.82) is 0 Å². The Kier molecular flexibility index (Phi) is 4.85. The summed E-state index contributed by atoms with van der Waals surface area (Å²) in [5, 5.41) is 3.22. The van der Waals surface area contributed by atoms with Gasteiger partial charge in [0.2, 0.25) is 0 Å². The van der Waals surface area contributed by atoms with E-state index in [2.05, 4.69) is 15.0 Å². The monoisotopic (exact) mass is 312 g/mol. The van der Waals surface area contributed by atoms with Gasteiger partial charge >= 0.3 is 6.61 Å². The van der Waals surface area contributed by atoms with Crippen molar-refractivity contribution in [3.63, 3.8) is 0 Å². The molecule has 4 nitrogen and oxygen atoms in total. The normalized spacial score (nSPS) is 10.7. The minimum absolute atomic E-state index is 0.0138. The van der Waals surface area contributed by atoms with Gasteiger partial charge in [0.25, 0.3) is 5.91 Å². The molecule has 1 aromatic carbocycles. The lowest BCUT2D eigenvalue weighted by atomic mass is 10.2. The van der Waals surface area contributed by atoms with Crippen LogP contribution in [-0.2, 0) is 6.42 Å². The van der Waals surface area contributed by atoms with E-state index in [-0.39, 0.29) is 11.7 Å². The van der Waals surface area contributed by atoms with E-state index in [0.717, 1.165) is 17.0 Å². The highest BCUT2D eigenvalue weighted by molar-refractivity contribution is 7.15. The van der Waals surface area contributed by atoms with Crippen LogP contribution in [0.3, 0.4) is 0 Å². The summed E-state index contributed by atoms with van der Waals surface area (Å²) in [6, 6.07) is 5.50. The molecule has 0 saturated carbocycles. The van der Waals surface area contributed by atoms with Crippen LogP contribution in [0.5, 0.6) is 5.75 Å². The van der Waals surface area contributed by atoms with Crippen LogP contribution >= 0.6 is 11.3 Å². The van der Waals surface area contributed by atoms with E-state index >= 15 is 0 Å². The molecule has 21 heavy (non-hydrogen) atoms. The number of nitrogens with zero attached hydrogens (tertiary/aromatic N) is 1. The quantitative estimate of drug-likeness (QED) is 0.912. The molecule has 1 N–H and O–H groups in total. The number of rotatable bonds is 5. The van der Waals surface area contributed by atoms with Crippen molar-refractivity contribution in [2.45, 2.75) is 26.9 Å². The van der Waals surface area contributed by atoms with Gasteiger partial charge in [-0.05, 0) is 37.6 Å². The first kappa shape index (κ1) is 15.4. The van der Waals surface area contributed by atoms with Crippen molar-refractivity contribution < 1.29 is 18.3 Å². The number of benzene rings is 1. The standard InChI is InChI=1S/C14H14F2N2O2S/c1-3-11-8(2)21-14(17-11)18-12(19)9-4-6-10(7-5-9)20-13(15)16/h4-7,13H,3H2,1-2H3,(H,17,18,19). The second-order valence-electron chi connectivity index (χ2n) is 4.23. The third-order valence-electron chi connectivity index (χ3n) is 2.79. The number of alkyl halides is 2. The molecule has 1 heterocycles. The number of hydrogen-bond donors (Lipinski definition) is 1. The summed E-state index contributed by atoms with van der Waals surface area (Å²) in [6.07, 6.45) is 0.803. The van der Waals surface area contributed by atoms with E-state index in [1.165, 1.54) is 35.6 Å². The third kappa shape index (κ3) is 3.98. The molecule has 1 aromatic heterocycles. The van der Waals surface area contributed by atoms with Crippen LogP contribution in [0.1, 0.15) is 27.9 Å². The first-order valence-corrected chi connectivity index (χ1v) is 7.13. The molecule has 1 amide bonds. The Morgan fingerprint density at radius 3 is 2.57 bits per heavy atom. The van der Waals surface area contributed by atoms with Gasteiger partial charge in [-0.1, -0.05) is 6.92 Å². The molecule has 0 bridgehead atoms. The number of amides is 1. The fourth-order valence-electron chi connectivity index (χ4n) is 1.77. The molecule has 0 saturated heterocycles. The Bertz CT molecular complexity index is 626. The summed E-state index contributed by atoms with van der Waals surface area (Å²) >= 11 is 1.41. The van der Waals surface area contributed by atoms with Crippen molar-refractivity contribution in [2.75, 3.05) is 5.32 Å². The maximum absolute atomic E-state index is 12.0. The van der Waals surface area contributed by atoms with Gasteiger partial charge in [-0.15, -0.1) is 11.3 Å². The molecule has 112 valence electrons. The second kappa shape index (κ2) is 6.62.